The summed E-state index contributed by atoms with van der Waals surface area (Å²) < 4.78 is 12.9. The molecule has 2 rings (SSSR count). The number of nitrogens with one attached hydrogen (secondary N) is 1. The van der Waals surface area contributed by atoms with Crippen molar-refractivity contribution in [1.29, 1.82) is 0 Å². The lowest BCUT2D eigenvalue weighted by Crippen LogP contribution is -1.85. The van der Waals surface area contributed by atoms with Gasteiger partial charge in [0.25, 0.3) is 0 Å². The third-order valence-electron chi connectivity index (χ3n) is 2.41. The molecule has 1 aromatic carbocycles. The molecule has 0 fully saturated rings. The molecule has 0 amide bonds. The number of aromatic nitrogens is 1. The normalized spacial score (nSPS) is 10.7. The van der Waals surface area contributed by atoms with Gasteiger partial charge in [-0.05, 0) is 30.2 Å². The Hall–Kier alpha value is -1.77. The van der Waals surface area contributed by atoms with Gasteiger partial charge >= 0.3 is 0 Å². The zero-order valence-electron chi connectivity index (χ0n) is 8.26. The van der Waals surface area contributed by atoms with Crippen molar-refractivity contribution in [3.63, 3.8) is 0 Å². The highest BCUT2D eigenvalue weighted by molar-refractivity contribution is 5.83. The van der Waals surface area contributed by atoms with Gasteiger partial charge in [-0.1, -0.05) is 6.58 Å². The Labute approximate surface area is 87.1 Å². The number of aromatic amines is 1. The molecule has 0 spiro atoms. The van der Waals surface area contributed by atoms with Gasteiger partial charge in [0.05, 0.1) is 5.76 Å². The predicted octanol–water partition coefficient (Wildman–Crippen LogP) is 3.31. The quantitative estimate of drug-likeness (QED) is 0.741. The van der Waals surface area contributed by atoms with Crippen molar-refractivity contribution in [3.05, 3.63) is 48.1 Å². The van der Waals surface area contributed by atoms with Gasteiger partial charge in [0.2, 0.25) is 0 Å². The fourth-order valence-corrected chi connectivity index (χ4v) is 1.64. The van der Waals surface area contributed by atoms with Gasteiger partial charge < -0.3 is 10.1 Å². The molecule has 2 nitrogen and oxygen atoms in total. The van der Waals surface area contributed by atoms with Crippen LogP contribution < -0.4 is 0 Å². The second kappa shape index (κ2) is 3.77. The fourth-order valence-electron chi connectivity index (χ4n) is 1.64. The summed E-state index contributed by atoms with van der Waals surface area (Å²) in [6.45, 7) is 3.43. The molecule has 2 aromatic rings. The number of aliphatic hydroxyl groups is 1. The average molecular weight is 205 g/mol. The van der Waals surface area contributed by atoms with Crippen LogP contribution in [0.1, 0.15) is 12.0 Å². The van der Waals surface area contributed by atoms with Crippen LogP contribution in [-0.4, -0.2) is 10.1 Å². The Balaban J connectivity index is 2.32. The van der Waals surface area contributed by atoms with Gasteiger partial charge in [-0.25, -0.2) is 4.39 Å². The average Bonchev–Trinajstić information content (AvgIpc) is 2.57. The molecule has 0 aliphatic heterocycles. The van der Waals surface area contributed by atoms with E-state index < -0.39 is 0 Å². The predicted molar refractivity (Wildman–Crippen MR) is 58.3 cm³/mol. The number of benzene rings is 1. The summed E-state index contributed by atoms with van der Waals surface area (Å²) in [5.74, 6) is -0.0751. The SMILES string of the molecule is C=C(O)CCc1c[nH]c2cc(F)ccc12. The summed E-state index contributed by atoms with van der Waals surface area (Å²) in [6.07, 6.45) is 3.08. The molecule has 0 aliphatic carbocycles. The third-order valence-corrected chi connectivity index (χ3v) is 2.41. The summed E-state index contributed by atoms with van der Waals surface area (Å²) in [4.78, 5) is 3.00. The molecule has 0 saturated carbocycles. The van der Waals surface area contributed by atoms with Crippen LogP contribution in [0.25, 0.3) is 10.9 Å². The van der Waals surface area contributed by atoms with E-state index in [-0.39, 0.29) is 11.6 Å². The van der Waals surface area contributed by atoms with Gasteiger partial charge in [-0.2, -0.15) is 0 Å². The first-order valence-corrected chi connectivity index (χ1v) is 4.79. The maximum absolute atomic E-state index is 12.9. The molecule has 1 aromatic heterocycles. The van der Waals surface area contributed by atoms with Gasteiger partial charge in [-0.15, -0.1) is 0 Å². The monoisotopic (exact) mass is 205 g/mol. The molecule has 0 bridgehead atoms. The minimum absolute atomic E-state index is 0.173. The van der Waals surface area contributed by atoms with E-state index in [1.165, 1.54) is 12.1 Å². The lowest BCUT2D eigenvalue weighted by atomic mass is 10.1. The van der Waals surface area contributed by atoms with Crippen molar-refractivity contribution < 1.29 is 9.50 Å². The Morgan fingerprint density at radius 2 is 2.27 bits per heavy atom. The Morgan fingerprint density at radius 3 is 3.00 bits per heavy atom. The summed E-state index contributed by atoms with van der Waals surface area (Å²) in [7, 11) is 0. The van der Waals surface area contributed by atoms with Crippen LogP contribution in [0.15, 0.2) is 36.7 Å². The van der Waals surface area contributed by atoms with E-state index in [9.17, 15) is 4.39 Å². The molecule has 3 heteroatoms. The van der Waals surface area contributed by atoms with Gasteiger partial charge in [0.1, 0.15) is 5.82 Å². The zero-order valence-corrected chi connectivity index (χ0v) is 8.26. The number of aliphatic hydroxyl groups excluding tert-OH is 1. The molecular weight excluding hydrogens is 193 g/mol. The van der Waals surface area contributed by atoms with Crippen molar-refractivity contribution in [3.8, 4) is 0 Å². The van der Waals surface area contributed by atoms with E-state index in [1.54, 1.807) is 6.07 Å². The smallest absolute Gasteiger partial charge is 0.125 e. The molecule has 0 unspecified atom stereocenters. The van der Waals surface area contributed by atoms with E-state index in [4.69, 9.17) is 5.11 Å². The van der Waals surface area contributed by atoms with E-state index in [1.807, 2.05) is 6.20 Å². The lowest BCUT2D eigenvalue weighted by molar-refractivity contribution is 0.391. The highest BCUT2D eigenvalue weighted by Gasteiger charge is 2.04. The largest absolute Gasteiger partial charge is 0.513 e. The number of halogens is 1. The molecule has 1 heterocycles. The number of fused-ring (bicyclic) bond motifs is 1. The molecule has 0 aliphatic rings. The van der Waals surface area contributed by atoms with Crippen molar-refractivity contribution in [2.45, 2.75) is 12.8 Å². The molecular formula is C12H12FNO. The van der Waals surface area contributed by atoms with E-state index in [0.717, 1.165) is 16.5 Å². The zero-order chi connectivity index (χ0) is 10.8. The molecule has 15 heavy (non-hydrogen) atoms. The van der Waals surface area contributed by atoms with Crippen LogP contribution in [0.5, 0.6) is 0 Å². The minimum Gasteiger partial charge on any atom is -0.513 e. The maximum atomic E-state index is 12.9. The third kappa shape index (κ3) is 2.01. The van der Waals surface area contributed by atoms with Crippen LogP contribution >= 0.6 is 0 Å². The van der Waals surface area contributed by atoms with E-state index >= 15 is 0 Å². The van der Waals surface area contributed by atoms with Crippen LogP contribution in [0, 0.1) is 5.82 Å². The first-order chi connectivity index (χ1) is 7.16. The van der Waals surface area contributed by atoms with Crippen molar-refractivity contribution >= 4 is 10.9 Å². The topological polar surface area (TPSA) is 36.0 Å². The van der Waals surface area contributed by atoms with Gasteiger partial charge in [0.15, 0.2) is 0 Å². The van der Waals surface area contributed by atoms with Crippen LogP contribution in [0.3, 0.4) is 0 Å². The second-order valence-electron chi connectivity index (χ2n) is 3.57. The second-order valence-corrected chi connectivity index (χ2v) is 3.57. The minimum atomic E-state index is -0.248. The van der Waals surface area contributed by atoms with Gasteiger partial charge in [-0.3, -0.25) is 0 Å². The van der Waals surface area contributed by atoms with Gasteiger partial charge in [0, 0.05) is 23.5 Å². The molecule has 0 atom stereocenters. The van der Waals surface area contributed by atoms with Crippen molar-refractivity contribution in [2.24, 2.45) is 0 Å². The standard InChI is InChI=1S/C12H12FNO/c1-8(15)2-3-9-7-14-12-6-10(13)4-5-11(9)12/h4-7,14-15H,1-3H2. The van der Waals surface area contributed by atoms with Crippen LogP contribution in [0.2, 0.25) is 0 Å². The number of rotatable bonds is 3. The van der Waals surface area contributed by atoms with Crippen molar-refractivity contribution in [2.75, 3.05) is 0 Å². The lowest BCUT2D eigenvalue weighted by Gasteiger charge is -1.98. The Kier molecular flexibility index (Phi) is 2.46. The molecule has 0 saturated heterocycles. The molecule has 78 valence electrons. The number of hydrogen-bond acceptors (Lipinski definition) is 1. The summed E-state index contributed by atoms with van der Waals surface area (Å²) in [5.41, 5.74) is 1.86. The molecule has 2 N–H and O–H groups in total. The van der Waals surface area contributed by atoms with Crippen LogP contribution in [-0.2, 0) is 6.42 Å². The van der Waals surface area contributed by atoms with Crippen LogP contribution in [0.4, 0.5) is 4.39 Å². The first-order valence-electron chi connectivity index (χ1n) is 4.79. The highest BCUT2D eigenvalue weighted by atomic mass is 19.1. The Morgan fingerprint density at radius 1 is 1.47 bits per heavy atom. The fraction of sp³-hybridized carbons (Fsp3) is 0.167. The summed E-state index contributed by atoms with van der Waals surface area (Å²) >= 11 is 0. The van der Waals surface area contributed by atoms with E-state index in [0.29, 0.717) is 12.8 Å². The first kappa shape index (κ1) is 9.77. The molecule has 0 radical (unpaired) electrons. The number of allylic oxidation sites excluding steroid dienone is 1. The van der Waals surface area contributed by atoms with E-state index in [2.05, 4.69) is 11.6 Å². The number of H-pyrrole nitrogens is 1. The number of aryl methyl sites for hydroxylation is 1. The number of hydrogen-bond donors (Lipinski definition) is 2. The highest BCUT2D eigenvalue weighted by Crippen LogP contribution is 2.20. The van der Waals surface area contributed by atoms with Crippen molar-refractivity contribution in [1.82, 2.24) is 4.98 Å². The Bertz CT molecular complexity index is 501. The summed E-state index contributed by atoms with van der Waals surface area (Å²) in [5, 5.41) is 10.0. The summed E-state index contributed by atoms with van der Waals surface area (Å²) in [6, 6.07) is 4.65. The maximum Gasteiger partial charge on any atom is 0.125 e.